The lowest BCUT2D eigenvalue weighted by Crippen LogP contribution is -2.37. The number of nitrogens with one attached hydrogen (secondary N) is 1. The zero-order valence-electron chi connectivity index (χ0n) is 11.8. The maximum atomic E-state index is 12.2. The highest BCUT2D eigenvalue weighted by molar-refractivity contribution is 5.95. The lowest BCUT2D eigenvalue weighted by molar-refractivity contribution is -0.149. The number of benzene rings is 1. The van der Waals surface area contributed by atoms with E-state index in [2.05, 4.69) is 14.8 Å². The molecule has 0 saturated carbocycles. The first-order valence-electron chi connectivity index (χ1n) is 6.06. The van der Waals surface area contributed by atoms with Crippen molar-refractivity contribution in [1.29, 1.82) is 0 Å². The molecule has 0 aliphatic carbocycles. The van der Waals surface area contributed by atoms with Gasteiger partial charge in [-0.15, -0.1) is 0 Å². The van der Waals surface area contributed by atoms with Crippen LogP contribution in [-0.4, -0.2) is 50.5 Å². The van der Waals surface area contributed by atoms with E-state index in [4.69, 9.17) is 4.74 Å². The molecule has 2 N–H and O–H groups in total. The molecule has 122 valence electrons. The number of rotatable bonds is 7. The predicted octanol–water partition coefficient (Wildman–Crippen LogP) is 0.560. The standard InChI is InChI=1S/C13H15F2NO6/c1-20-10-5-7(3-4-9(10)22-13(14)15)11(18)16-6-8(17)12(19)21-2/h3-5,8,13,17H,6H2,1-2H3,(H,16,18)/t8-/m0/s1. The van der Waals surface area contributed by atoms with Crippen molar-refractivity contribution in [2.45, 2.75) is 12.7 Å². The molecular weight excluding hydrogens is 304 g/mol. The van der Waals surface area contributed by atoms with Crippen LogP contribution in [-0.2, 0) is 9.53 Å². The molecule has 0 unspecified atom stereocenters. The SMILES string of the molecule is COC(=O)[C@@H](O)CNC(=O)c1ccc(OC(F)F)c(OC)c1. The first-order chi connectivity index (χ1) is 10.4. The second kappa shape index (κ2) is 8.13. The van der Waals surface area contributed by atoms with E-state index < -0.39 is 24.6 Å². The van der Waals surface area contributed by atoms with Crippen LogP contribution in [0.2, 0.25) is 0 Å². The van der Waals surface area contributed by atoms with E-state index in [-0.39, 0.29) is 23.6 Å². The molecule has 0 bridgehead atoms. The predicted molar refractivity (Wildman–Crippen MR) is 70.0 cm³/mol. The first-order valence-corrected chi connectivity index (χ1v) is 6.06. The normalized spacial score (nSPS) is 11.7. The number of carbonyl (C=O) groups is 2. The van der Waals surface area contributed by atoms with E-state index >= 15 is 0 Å². The topological polar surface area (TPSA) is 94.1 Å². The largest absolute Gasteiger partial charge is 0.493 e. The summed E-state index contributed by atoms with van der Waals surface area (Å²) in [5.41, 5.74) is 0.0792. The number of carbonyl (C=O) groups excluding carboxylic acids is 2. The molecule has 0 heterocycles. The minimum atomic E-state index is -3.02. The van der Waals surface area contributed by atoms with Gasteiger partial charge in [0, 0.05) is 5.56 Å². The van der Waals surface area contributed by atoms with Gasteiger partial charge in [-0.2, -0.15) is 8.78 Å². The summed E-state index contributed by atoms with van der Waals surface area (Å²) >= 11 is 0. The Morgan fingerprint density at radius 2 is 1.95 bits per heavy atom. The Morgan fingerprint density at radius 3 is 2.50 bits per heavy atom. The third-order valence-electron chi connectivity index (χ3n) is 2.57. The number of halogens is 2. The van der Waals surface area contributed by atoms with Crippen molar-refractivity contribution in [2.24, 2.45) is 0 Å². The monoisotopic (exact) mass is 319 g/mol. The van der Waals surface area contributed by atoms with Crippen molar-refractivity contribution in [3.8, 4) is 11.5 Å². The average Bonchev–Trinajstić information content (AvgIpc) is 2.51. The van der Waals surface area contributed by atoms with Crippen LogP contribution in [0.4, 0.5) is 8.78 Å². The van der Waals surface area contributed by atoms with Gasteiger partial charge in [0.1, 0.15) is 0 Å². The maximum absolute atomic E-state index is 12.2. The lowest BCUT2D eigenvalue weighted by atomic mass is 10.2. The van der Waals surface area contributed by atoms with Gasteiger partial charge in [-0.3, -0.25) is 4.79 Å². The summed E-state index contributed by atoms with van der Waals surface area (Å²) in [6, 6.07) is 3.58. The molecule has 7 nitrogen and oxygen atoms in total. The maximum Gasteiger partial charge on any atom is 0.387 e. The molecule has 1 atom stereocenters. The van der Waals surface area contributed by atoms with E-state index in [1.165, 1.54) is 19.2 Å². The summed E-state index contributed by atoms with van der Waals surface area (Å²) in [4.78, 5) is 22.8. The van der Waals surface area contributed by atoms with Crippen LogP contribution < -0.4 is 14.8 Å². The van der Waals surface area contributed by atoms with Gasteiger partial charge < -0.3 is 24.6 Å². The summed E-state index contributed by atoms with van der Waals surface area (Å²) < 4.78 is 37.7. The van der Waals surface area contributed by atoms with Gasteiger partial charge in [-0.1, -0.05) is 0 Å². The highest BCUT2D eigenvalue weighted by Crippen LogP contribution is 2.29. The molecule has 9 heteroatoms. The fourth-order valence-electron chi connectivity index (χ4n) is 1.51. The Bertz CT molecular complexity index is 537. The van der Waals surface area contributed by atoms with Gasteiger partial charge in [-0.25, -0.2) is 4.79 Å². The quantitative estimate of drug-likeness (QED) is 0.713. The highest BCUT2D eigenvalue weighted by Gasteiger charge is 2.18. The smallest absolute Gasteiger partial charge is 0.387 e. The minimum Gasteiger partial charge on any atom is -0.493 e. The van der Waals surface area contributed by atoms with E-state index in [0.29, 0.717) is 0 Å². The molecule has 0 spiro atoms. The number of hydrogen-bond acceptors (Lipinski definition) is 6. The molecular formula is C13H15F2NO6. The van der Waals surface area contributed by atoms with Gasteiger partial charge in [0.05, 0.1) is 20.8 Å². The fraction of sp³-hybridized carbons (Fsp3) is 0.385. The van der Waals surface area contributed by atoms with Crippen LogP contribution in [0.5, 0.6) is 11.5 Å². The van der Waals surface area contributed by atoms with Crippen molar-refractivity contribution < 1.29 is 37.7 Å². The number of aliphatic hydroxyl groups excluding tert-OH is 1. The van der Waals surface area contributed by atoms with Crippen LogP contribution in [0.3, 0.4) is 0 Å². The molecule has 0 aliphatic heterocycles. The second-order valence-corrected chi connectivity index (χ2v) is 3.99. The molecule has 0 aromatic heterocycles. The summed E-state index contributed by atoms with van der Waals surface area (Å²) in [5, 5.41) is 11.6. The number of esters is 1. The molecule has 0 radical (unpaired) electrons. The third kappa shape index (κ3) is 4.85. The first kappa shape index (κ1) is 17.6. The second-order valence-electron chi connectivity index (χ2n) is 3.99. The van der Waals surface area contributed by atoms with Crippen molar-refractivity contribution >= 4 is 11.9 Å². The van der Waals surface area contributed by atoms with Crippen LogP contribution in [0.25, 0.3) is 0 Å². The van der Waals surface area contributed by atoms with E-state index in [1.54, 1.807) is 0 Å². The van der Waals surface area contributed by atoms with Crippen LogP contribution >= 0.6 is 0 Å². The summed E-state index contributed by atoms with van der Waals surface area (Å²) in [6.45, 7) is -3.38. The number of amides is 1. The molecule has 1 aromatic carbocycles. The van der Waals surface area contributed by atoms with Crippen molar-refractivity contribution in [1.82, 2.24) is 5.32 Å². The summed E-state index contributed by atoms with van der Waals surface area (Å²) in [7, 11) is 2.33. The average molecular weight is 319 g/mol. The molecule has 1 rings (SSSR count). The Kier molecular flexibility index (Phi) is 6.51. The molecule has 1 aromatic rings. The number of aliphatic hydroxyl groups is 1. The highest BCUT2D eigenvalue weighted by atomic mass is 19.3. The fourth-order valence-corrected chi connectivity index (χ4v) is 1.51. The van der Waals surface area contributed by atoms with Crippen molar-refractivity contribution in [2.75, 3.05) is 20.8 Å². The molecule has 0 fully saturated rings. The number of hydrogen-bond donors (Lipinski definition) is 2. The number of ether oxygens (including phenoxy) is 3. The van der Waals surface area contributed by atoms with Gasteiger partial charge in [-0.05, 0) is 18.2 Å². The van der Waals surface area contributed by atoms with Gasteiger partial charge in [0.15, 0.2) is 17.6 Å². The van der Waals surface area contributed by atoms with Gasteiger partial charge >= 0.3 is 12.6 Å². The van der Waals surface area contributed by atoms with E-state index in [0.717, 1.165) is 13.2 Å². The molecule has 0 aliphatic rings. The zero-order valence-corrected chi connectivity index (χ0v) is 11.8. The molecule has 1 amide bonds. The van der Waals surface area contributed by atoms with E-state index in [9.17, 15) is 23.5 Å². The number of methoxy groups -OCH3 is 2. The summed E-state index contributed by atoms with van der Waals surface area (Å²) in [5.74, 6) is -1.80. The van der Waals surface area contributed by atoms with Crippen molar-refractivity contribution in [3.05, 3.63) is 23.8 Å². The van der Waals surface area contributed by atoms with Crippen LogP contribution in [0.1, 0.15) is 10.4 Å². The van der Waals surface area contributed by atoms with Crippen LogP contribution in [0.15, 0.2) is 18.2 Å². The zero-order chi connectivity index (χ0) is 16.7. The Hall–Kier alpha value is -2.42. The Labute approximate surface area is 124 Å². The lowest BCUT2D eigenvalue weighted by Gasteiger charge is -2.12. The van der Waals surface area contributed by atoms with Gasteiger partial charge in [0.25, 0.3) is 5.91 Å². The molecule has 0 saturated heterocycles. The van der Waals surface area contributed by atoms with E-state index in [1.807, 2.05) is 0 Å². The van der Waals surface area contributed by atoms with Gasteiger partial charge in [0.2, 0.25) is 0 Å². The minimum absolute atomic E-state index is 0.0542. The third-order valence-corrected chi connectivity index (χ3v) is 2.57. The summed E-state index contributed by atoms with van der Waals surface area (Å²) in [6.07, 6.45) is -1.50. The Balaban J connectivity index is 2.75. The molecule has 22 heavy (non-hydrogen) atoms. The number of alkyl halides is 2. The Morgan fingerprint density at radius 1 is 1.27 bits per heavy atom. The van der Waals surface area contributed by atoms with Crippen molar-refractivity contribution in [3.63, 3.8) is 0 Å². The van der Waals surface area contributed by atoms with Crippen LogP contribution in [0, 0.1) is 0 Å².